The maximum Gasteiger partial charge on any atom is 0.120 e. The molecule has 17 heavy (non-hydrogen) atoms. The number of halogens is 1. The molecule has 2 rings (SSSR count). The zero-order chi connectivity index (χ0) is 12.3. The number of hydrogen-bond donors (Lipinski definition) is 1. The third-order valence-corrected chi connectivity index (χ3v) is 3.93. The first-order chi connectivity index (χ1) is 8.09. The van der Waals surface area contributed by atoms with Gasteiger partial charge in [-0.2, -0.15) is 0 Å². The minimum Gasteiger partial charge on any atom is -0.491 e. The molecule has 0 radical (unpaired) electrons. The summed E-state index contributed by atoms with van der Waals surface area (Å²) < 4.78 is 11.9. The lowest BCUT2D eigenvalue weighted by Crippen LogP contribution is -2.41. The van der Waals surface area contributed by atoms with E-state index in [-0.39, 0.29) is 0 Å². The average molecular weight is 301 g/mol. The molecule has 1 heterocycles. The van der Waals surface area contributed by atoms with Crippen LogP contribution in [0.2, 0.25) is 0 Å². The van der Waals surface area contributed by atoms with Gasteiger partial charge >= 0.3 is 0 Å². The van der Waals surface area contributed by atoms with E-state index in [0.717, 1.165) is 10.2 Å². The molecule has 0 amide bonds. The second-order valence-electron chi connectivity index (χ2n) is 4.54. The first-order valence-electron chi connectivity index (χ1n) is 5.78. The first kappa shape index (κ1) is 12.9. The average Bonchev–Trinajstić information content (AvgIpc) is 2.32. The largest absolute Gasteiger partial charge is 0.491 e. The van der Waals surface area contributed by atoms with Crippen molar-refractivity contribution in [3.05, 3.63) is 28.2 Å². The van der Waals surface area contributed by atoms with E-state index in [4.69, 9.17) is 9.47 Å². The highest BCUT2D eigenvalue weighted by Gasteiger charge is 2.30. The quantitative estimate of drug-likeness (QED) is 0.933. The standard InChI is InChI=1S/C13H17BrO3/c1-10-2-3-11(8-12(10)14)17-9-13(15)4-6-16-7-5-13/h2-3,8,15H,4-7,9H2,1H3. The van der Waals surface area contributed by atoms with Crippen molar-refractivity contribution in [1.29, 1.82) is 0 Å². The molecule has 1 aromatic rings. The van der Waals surface area contributed by atoms with Crippen molar-refractivity contribution in [2.75, 3.05) is 19.8 Å². The Morgan fingerprint density at radius 2 is 2.12 bits per heavy atom. The minimum absolute atomic E-state index is 0.325. The Bertz CT molecular complexity index is 386. The summed E-state index contributed by atoms with van der Waals surface area (Å²) in [7, 11) is 0. The fourth-order valence-electron chi connectivity index (χ4n) is 1.78. The molecular weight excluding hydrogens is 284 g/mol. The zero-order valence-electron chi connectivity index (χ0n) is 9.91. The van der Waals surface area contributed by atoms with Crippen molar-refractivity contribution >= 4 is 15.9 Å². The maximum atomic E-state index is 10.2. The number of aliphatic hydroxyl groups is 1. The van der Waals surface area contributed by atoms with E-state index in [1.165, 1.54) is 5.56 Å². The van der Waals surface area contributed by atoms with Gasteiger partial charge in [0.1, 0.15) is 18.0 Å². The van der Waals surface area contributed by atoms with Gasteiger partial charge in [0.15, 0.2) is 0 Å². The summed E-state index contributed by atoms with van der Waals surface area (Å²) in [6.07, 6.45) is 1.28. The molecule has 0 saturated carbocycles. The molecule has 0 spiro atoms. The Balaban J connectivity index is 1.94. The minimum atomic E-state index is -0.740. The van der Waals surface area contributed by atoms with Gasteiger partial charge in [-0.25, -0.2) is 0 Å². The molecule has 1 aliphatic rings. The first-order valence-corrected chi connectivity index (χ1v) is 6.57. The van der Waals surface area contributed by atoms with Crippen LogP contribution in [0.4, 0.5) is 0 Å². The van der Waals surface area contributed by atoms with Gasteiger partial charge in [-0.1, -0.05) is 22.0 Å². The predicted octanol–water partition coefficient (Wildman–Crippen LogP) is 2.68. The van der Waals surface area contributed by atoms with E-state index in [2.05, 4.69) is 15.9 Å². The smallest absolute Gasteiger partial charge is 0.120 e. The summed E-state index contributed by atoms with van der Waals surface area (Å²) in [6, 6.07) is 5.84. The van der Waals surface area contributed by atoms with Crippen molar-refractivity contribution in [2.45, 2.75) is 25.4 Å². The molecular formula is C13H17BrO3. The number of benzene rings is 1. The molecule has 1 fully saturated rings. The van der Waals surface area contributed by atoms with Crippen LogP contribution in [0, 0.1) is 6.92 Å². The normalized spacial score (nSPS) is 19.0. The maximum absolute atomic E-state index is 10.2. The van der Waals surface area contributed by atoms with Gasteiger partial charge < -0.3 is 14.6 Å². The number of hydrogen-bond acceptors (Lipinski definition) is 3. The summed E-state index contributed by atoms with van der Waals surface area (Å²) in [6.45, 7) is 3.57. The Morgan fingerprint density at radius 3 is 2.76 bits per heavy atom. The highest BCUT2D eigenvalue weighted by atomic mass is 79.9. The van der Waals surface area contributed by atoms with Crippen LogP contribution in [0.3, 0.4) is 0 Å². The Morgan fingerprint density at radius 1 is 1.41 bits per heavy atom. The van der Waals surface area contributed by atoms with Gasteiger partial charge in [0.05, 0.1) is 0 Å². The summed E-state index contributed by atoms with van der Waals surface area (Å²) in [5.41, 5.74) is 0.428. The lowest BCUT2D eigenvalue weighted by atomic mass is 9.96. The molecule has 0 unspecified atom stereocenters. The third kappa shape index (κ3) is 3.44. The molecule has 3 nitrogen and oxygen atoms in total. The summed E-state index contributed by atoms with van der Waals surface area (Å²) in [5, 5.41) is 10.2. The molecule has 0 bridgehead atoms. The van der Waals surface area contributed by atoms with Crippen LogP contribution in [-0.2, 0) is 4.74 Å². The van der Waals surface area contributed by atoms with Crippen molar-refractivity contribution in [1.82, 2.24) is 0 Å². The van der Waals surface area contributed by atoms with Gasteiger partial charge in [-0.05, 0) is 24.6 Å². The van der Waals surface area contributed by atoms with Crippen molar-refractivity contribution < 1.29 is 14.6 Å². The van der Waals surface area contributed by atoms with Gasteiger partial charge in [0.25, 0.3) is 0 Å². The van der Waals surface area contributed by atoms with Crippen molar-refractivity contribution in [3.63, 3.8) is 0 Å². The molecule has 94 valence electrons. The predicted molar refractivity (Wildman–Crippen MR) is 69.4 cm³/mol. The SMILES string of the molecule is Cc1ccc(OCC2(O)CCOCC2)cc1Br. The summed E-state index contributed by atoms with van der Waals surface area (Å²) in [5.74, 6) is 0.780. The summed E-state index contributed by atoms with van der Waals surface area (Å²) in [4.78, 5) is 0. The Hall–Kier alpha value is -0.580. The molecule has 0 aliphatic carbocycles. The van der Waals surface area contributed by atoms with Crippen molar-refractivity contribution in [3.8, 4) is 5.75 Å². The second-order valence-corrected chi connectivity index (χ2v) is 5.39. The van der Waals surface area contributed by atoms with E-state index in [0.29, 0.717) is 32.7 Å². The number of ether oxygens (including phenoxy) is 2. The van der Waals surface area contributed by atoms with Gasteiger partial charge in [0.2, 0.25) is 0 Å². The molecule has 1 saturated heterocycles. The molecule has 1 aromatic carbocycles. The van der Waals surface area contributed by atoms with E-state index in [1.807, 2.05) is 25.1 Å². The van der Waals surface area contributed by atoms with Crippen LogP contribution in [-0.4, -0.2) is 30.5 Å². The van der Waals surface area contributed by atoms with Gasteiger partial charge in [0, 0.05) is 30.5 Å². The highest BCUT2D eigenvalue weighted by molar-refractivity contribution is 9.10. The Labute approximate surface area is 110 Å². The fraction of sp³-hybridized carbons (Fsp3) is 0.538. The lowest BCUT2D eigenvalue weighted by molar-refractivity contribution is -0.0855. The van der Waals surface area contributed by atoms with E-state index in [1.54, 1.807) is 0 Å². The highest BCUT2D eigenvalue weighted by Crippen LogP contribution is 2.25. The van der Waals surface area contributed by atoms with Gasteiger partial charge in [-0.3, -0.25) is 0 Å². The van der Waals surface area contributed by atoms with E-state index < -0.39 is 5.60 Å². The molecule has 0 atom stereocenters. The topological polar surface area (TPSA) is 38.7 Å². The van der Waals surface area contributed by atoms with Gasteiger partial charge in [-0.15, -0.1) is 0 Å². The van der Waals surface area contributed by atoms with Crippen molar-refractivity contribution in [2.24, 2.45) is 0 Å². The zero-order valence-corrected chi connectivity index (χ0v) is 11.5. The van der Waals surface area contributed by atoms with Crippen LogP contribution >= 0.6 is 15.9 Å². The molecule has 1 aliphatic heterocycles. The van der Waals surface area contributed by atoms with Crippen LogP contribution in [0.1, 0.15) is 18.4 Å². The Kier molecular flexibility index (Phi) is 4.07. The van der Waals surface area contributed by atoms with E-state index >= 15 is 0 Å². The molecule has 4 heteroatoms. The molecule has 0 aromatic heterocycles. The second kappa shape index (κ2) is 5.38. The fourth-order valence-corrected chi connectivity index (χ4v) is 2.13. The monoisotopic (exact) mass is 300 g/mol. The number of rotatable bonds is 3. The van der Waals surface area contributed by atoms with Crippen LogP contribution in [0.15, 0.2) is 22.7 Å². The number of aryl methyl sites for hydroxylation is 1. The lowest BCUT2D eigenvalue weighted by Gasteiger charge is -2.31. The van der Waals surface area contributed by atoms with Crippen LogP contribution < -0.4 is 4.74 Å². The summed E-state index contributed by atoms with van der Waals surface area (Å²) >= 11 is 3.46. The molecule has 1 N–H and O–H groups in total. The van der Waals surface area contributed by atoms with Crippen LogP contribution in [0.5, 0.6) is 5.75 Å². The van der Waals surface area contributed by atoms with E-state index in [9.17, 15) is 5.11 Å². The van der Waals surface area contributed by atoms with Crippen LogP contribution in [0.25, 0.3) is 0 Å². The third-order valence-electron chi connectivity index (χ3n) is 3.07.